The van der Waals surface area contributed by atoms with E-state index in [-0.39, 0.29) is 5.91 Å². The van der Waals surface area contributed by atoms with Crippen LogP contribution in [0.2, 0.25) is 0 Å². The van der Waals surface area contributed by atoms with Gasteiger partial charge in [-0.05, 0) is 25.5 Å². The molecule has 1 amide bonds. The lowest BCUT2D eigenvalue weighted by molar-refractivity contribution is 0.0951. The van der Waals surface area contributed by atoms with Crippen LogP contribution in [-0.2, 0) is 6.54 Å². The highest BCUT2D eigenvalue weighted by Crippen LogP contribution is 2.15. The maximum atomic E-state index is 12.2. The van der Waals surface area contributed by atoms with Crippen molar-refractivity contribution >= 4 is 11.6 Å². The fraction of sp³-hybridized carbons (Fsp3) is 0.250. The summed E-state index contributed by atoms with van der Waals surface area (Å²) in [4.78, 5) is 16.4. The molecule has 0 bridgehead atoms. The second-order valence-electron chi connectivity index (χ2n) is 4.79. The third kappa shape index (κ3) is 3.35. The number of aryl methyl sites for hydroxylation is 2. The van der Waals surface area contributed by atoms with Crippen molar-refractivity contribution in [1.29, 1.82) is 0 Å². The second-order valence-corrected chi connectivity index (χ2v) is 4.79. The number of anilines is 1. The van der Waals surface area contributed by atoms with Gasteiger partial charge in [0.05, 0.1) is 11.3 Å². The van der Waals surface area contributed by atoms with Crippen molar-refractivity contribution in [2.45, 2.75) is 20.4 Å². The van der Waals surface area contributed by atoms with Gasteiger partial charge in [0.15, 0.2) is 0 Å². The normalized spacial score (nSPS) is 10.2. The van der Waals surface area contributed by atoms with Crippen LogP contribution >= 0.6 is 0 Å². The van der Waals surface area contributed by atoms with E-state index in [1.165, 1.54) is 5.56 Å². The van der Waals surface area contributed by atoms with Crippen LogP contribution in [0.5, 0.6) is 0 Å². The number of amides is 1. The molecule has 2 aromatic rings. The predicted molar refractivity (Wildman–Crippen MR) is 80.9 cm³/mol. The zero-order valence-electron chi connectivity index (χ0n) is 12.0. The van der Waals surface area contributed by atoms with Crippen LogP contribution in [0.4, 0.5) is 5.69 Å². The smallest absolute Gasteiger partial charge is 0.255 e. The molecule has 104 valence electrons. The maximum Gasteiger partial charge on any atom is 0.255 e. The van der Waals surface area contributed by atoms with Crippen LogP contribution in [0.15, 0.2) is 36.5 Å². The number of rotatable bonds is 4. The Morgan fingerprint density at radius 3 is 2.75 bits per heavy atom. The SMILES string of the molecule is CNc1cc(C)ncc1C(=O)NCc1cccc(C)c1. The fourth-order valence-corrected chi connectivity index (χ4v) is 2.05. The molecule has 0 unspecified atom stereocenters. The standard InChI is InChI=1S/C16H19N3O/c1-11-5-4-6-13(7-11)9-19-16(20)14-10-18-12(2)8-15(14)17-3/h4-8,10H,9H2,1-3H3,(H,17,18)(H,19,20). The number of hydrogen-bond donors (Lipinski definition) is 2. The van der Waals surface area contributed by atoms with Gasteiger partial charge in [-0.3, -0.25) is 9.78 Å². The minimum Gasteiger partial charge on any atom is -0.387 e. The molecule has 0 saturated heterocycles. The molecule has 1 aromatic carbocycles. The Morgan fingerprint density at radius 2 is 2.05 bits per heavy atom. The highest BCUT2D eigenvalue weighted by atomic mass is 16.1. The average molecular weight is 269 g/mol. The van der Waals surface area contributed by atoms with E-state index in [1.54, 1.807) is 13.2 Å². The lowest BCUT2D eigenvalue weighted by Crippen LogP contribution is -2.24. The molecule has 2 rings (SSSR count). The summed E-state index contributed by atoms with van der Waals surface area (Å²) < 4.78 is 0. The molecule has 20 heavy (non-hydrogen) atoms. The summed E-state index contributed by atoms with van der Waals surface area (Å²) in [6.45, 7) is 4.45. The molecular weight excluding hydrogens is 250 g/mol. The first-order valence-corrected chi connectivity index (χ1v) is 6.58. The summed E-state index contributed by atoms with van der Waals surface area (Å²) in [6.07, 6.45) is 1.60. The predicted octanol–water partition coefficient (Wildman–Crippen LogP) is 2.67. The van der Waals surface area contributed by atoms with Gasteiger partial charge >= 0.3 is 0 Å². The van der Waals surface area contributed by atoms with Crippen molar-refractivity contribution in [3.05, 3.63) is 58.9 Å². The van der Waals surface area contributed by atoms with Gasteiger partial charge < -0.3 is 10.6 Å². The van der Waals surface area contributed by atoms with Gasteiger partial charge in [-0.25, -0.2) is 0 Å². The zero-order chi connectivity index (χ0) is 14.5. The Morgan fingerprint density at radius 1 is 1.25 bits per heavy atom. The van der Waals surface area contributed by atoms with Crippen molar-refractivity contribution in [3.63, 3.8) is 0 Å². The van der Waals surface area contributed by atoms with Gasteiger partial charge in [0.1, 0.15) is 0 Å². The highest BCUT2D eigenvalue weighted by molar-refractivity contribution is 5.99. The summed E-state index contributed by atoms with van der Waals surface area (Å²) >= 11 is 0. The largest absolute Gasteiger partial charge is 0.387 e. The molecule has 4 heteroatoms. The quantitative estimate of drug-likeness (QED) is 0.897. The number of aromatic nitrogens is 1. The zero-order valence-corrected chi connectivity index (χ0v) is 12.0. The van der Waals surface area contributed by atoms with Crippen LogP contribution in [0.25, 0.3) is 0 Å². The van der Waals surface area contributed by atoms with Crippen molar-refractivity contribution in [3.8, 4) is 0 Å². The van der Waals surface area contributed by atoms with Gasteiger partial charge in [0.25, 0.3) is 5.91 Å². The Labute approximate surface area is 119 Å². The Kier molecular flexibility index (Phi) is 4.35. The Hall–Kier alpha value is -2.36. The molecule has 0 aliphatic heterocycles. The molecule has 2 N–H and O–H groups in total. The Balaban J connectivity index is 2.09. The van der Waals surface area contributed by atoms with E-state index in [0.29, 0.717) is 12.1 Å². The van der Waals surface area contributed by atoms with Crippen LogP contribution in [0, 0.1) is 13.8 Å². The molecule has 1 aromatic heterocycles. The summed E-state index contributed by atoms with van der Waals surface area (Å²) in [5.74, 6) is -0.122. The second kappa shape index (κ2) is 6.19. The first-order valence-electron chi connectivity index (χ1n) is 6.58. The summed E-state index contributed by atoms with van der Waals surface area (Å²) in [5, 5.41) is 5.94. The minimum absolute atomic E-state index is 0.122. The molecule has 0 aliphatic rings. The number of carbonyl (C=O) groups is 1. The number of nitrogens with one attached hydrogen (secondary N) is 2. The number of benzene rings is 1. The Bertz CT molecular complexity index is 623. The van der Waals surface area contributed by atoms with Crippen molar-refractivity contribution in [1.82, 2.24) is 10.3 Å². The van der Waals surface area contributed by atoms with E-state index in [0.717, 1.165) is 16.9 Å². The third-order valence-corrected chi connectivity index (χ3v) is 3.09. The molecule has 0 radical (unpaired) electrons. The molecule has 0 atom stereocenters. The van der Waals surface area contributed by atoms with Gasteiger partial charge in [-0.15, -0.1) is 0 Å². The molecule has 0 aliphatic carbocycles. The molecule has 0 spiro atoms. The minimum atomic E-state index is -0.122. The van der Waals surface area contributed by atoms with E-state index < -0.39 is 0 Å². The molecule has 4 nitrogen and oxygen atoms in total. The topological polar surface area (TPSA) is 54.0 Å². The van der Waals surface area contributed by atoms with Gasteiger partial charge in [0.2, 0.25) is 0 Å². The maximum absolute atomic E-state index is 12.2. The third-order valence-electron chi connectivity index (χ3n) is 3.09. The summed E-state index contributed by atoms with van der Waals surface area (Å²) in [7, 11) is 1.80. The van der Waals surface area contributed by atoms with Crippen LogP contribution in [-0.4, -0.2) is 17.9 Å². The van der Waals surface area contributed by atoms with Gasteiger partial charge in [-0.1, -0.05) is 29.8 Å². The van der Waals surface area contributed by atoms with Crippen molar-refractivity contribution < 1.29 is 4.79 Å². The number of pyridine rings is 1. The summed E-state index contributed by atoms with van der Waals surface area (Å²) in [5.41, 5.74) is 4.50. The van der Waals surface area contributed by atoms with Crippen LogP contribution in [0.1, 0.15) is 27.2 Å². The van der Waals surface area contributed by atoms with E-state index in [4.69, 9.17) is 0 Å². The molecule has 1 heterocycles. The molecular formula is C16H19N3O. The summed E-state index contributed by atoms with van der Waals surface area (Å²) in [6, 6.07) is 9.95. The number of carbonyl (C=O) groups excluding carboxylic acids is 1. The average Bonchev–Trinajstić information content (AvgIpc) is 2.44. The number of hydrogen-bond acceptors (Lipinski definition) is 3. The highest BCUT2D eigenvalue weighted by Gasteiger charge is 2.11. The van der Waals surface area contributed by atoms with Crippen molar-refractivity contribution in [2.75, 3.05) is 12.4 Å². The monoisotopic (exact) mass is 269 g/mol. The van der Waals surface area contributed by atoms with Crippen molar-refractivity contribution in [2.24, 2.45) is 0 Å². The first-order chi connectivity index (χ1) is 9.60. The van der Waals surface area contributed by atoms with E-state index in [1.807, 2.05) is 38.1 Å². The lowest BCUT2D eigenvalue weighted by Gasteiger charge is -2.10. The molecule has 0 saturated carbocycles. The van der Waals surface area contributed by atoms with Gasteiger partial charge in [-0.2, -0.15) is 0 Å². The first kappa shape index (κ1) is 14.1. The van der Waals surface area contributed by atoms with Crippen LogP contribution in [0.3, 0.4) is 0 Å². The van der Waals surface area contributed by atoms with E-state index in [9.17, 15) is 4.79 Å². The van der Waals surface area contributed by atoms with E-state index >= 15 is 0 Å². The van der Waals surface area contributed by atoms with Crippen LogP contribution < -0.4 is 10.6 Å². The lowest BCUT2D eigenvalue weighted by atomic mass is 10.1. The fourth-order valence-electron chi connectivity index (χ4n) is 2.05. The van der Waals surface area contributed by atoms with Gasteiger partial charge in [0, 0.05) is 25.5 Å². The number of nitrogens with zero attached hydrogens (tertiary/aromatic N) is 1. The molecule has 0 fully saturated rings. The van der Waals surface area contributed by atoms with E-state index in [2.05, 4.69) is 21.7 Å².